The predicted molar refractivity (Wildman–Crippen MR) is 144 cm³/mol. The van der Waals surface area contributed by atoms with Gasteiger partial charge in [-0.15, -0.1) is 0 Å². The van der Waals surface area contributed by atoms with Crippen LogP contribution in [-0.4, -0.2) is 33.9 Å². The number of para-hydroxylation sites is 1. The molecule has 9 heteroatoms. The standard InChI is InChI=1S/C28H18ClN7O/c1-34-26-14-32-24-8-6-17(19-10-18-4-2-3-5-23(18)31-13-19)11-21(24)27(26)36(28(34)37)20-7-9-25(22(29)12-20)35-16-30-15-33-35/h2-16H,1H3. The van der Waals surface area contributed by atoms with Gasteiger partial charge < -0.3 is 0 Å². The summed E-state index contributed by atoms with van der Waals surface area (Å²) in [6.45, 7) is 0. The van der Waals surface area contributed by atoms with E-state index >= 15 is 0 Å². The lowest BCUT2D eigenvalue weighted by Crippen LogP contribution is -2.20. The SMILES string of the molecule is Cn1c(=O)n(-c2ccc(-n3cncn3)c(Cl)c2)c2c3cc(-c4cnc5ccccc5c4)ccc3ncc21. The number of aryl methyl sites for hydroxylation is 1. The second kappa shape index (κ2) is 8.11. The Bertz CT molecular complexity index is 2040. The first kappa shape index (κ1) is 21.5. The molecule has 0 amide bonds. The number of fused-ring (bicyclic) bond motifs is 4. The summed E-state index contributed by atoms with van der Waals surface area (Å²) in [4.78, 5) is 26.7. The van der Waals surface area contributed by atoms with Crippen molar-refractivity contribution < 1.29 is 0 Å². The molecule has 7 rings (SSSR count). The van der Waals surface area contributed by atoms with E-state index in [9.17, 15) is 4.79 Å². The highest BCUT2D eigenvalue weighted by atomic mass is 35.5. The zero-order chi connectivity index (χ0) is 25.1. The number of benzene rings is 3. The predicted octanol–water partition coefficient (Wildman–Crippen LogP) is 5.33. The molecule has 0 spiro atoms. The van der Waals surface area contributed by atoms with Crippen LogP contribution >= 0.6 is 11.6 Å². The summed E-state index contributed by atoms with van der Waals surface area (Å²) in [6.07, 6.45) is 6.63. The molecule has 3 aromatic carbocycles. The van der Waals surface area contributed by atoms with Gasteiger partial charge >= 0.3 is 5.69 Å². The Hall–Kier alpha value is -4.82. The topological polar surface area (TPSA) is 83.4 Å². The van der Waals surface area contributed by atoms with E-state index in [1.165, 1.54) is 6.33 Å². The van der Waals surface area contributed by atoms with Crippen molar-refractivity contribution in [3.63, 3.8) is 0 Å². The normalized spacial score (nSPS) is 11.6. The summed E-state index contributed by atoms with van der Waals surface area (Å²) in [7, 11) is 1.75. The Morgan fingerprint density at radius 3 is 2.57 bits per heavy atom. The quantitative estimate of drug-likeness (QED) is 0.325. The van der Waals surface area contributed by atoms with Crippen LogP contribution in [0.4, 0.5) is 0 Å². The van der Waals surface area contributed by atoms with Gasteiger partial charge in [0.2, 0.25) is 0 Å². The van der Waals surface area contributed by atoms with Crippen molar-refractivity contribution in [1.82, 2.24) is 33.9 Å². The summed E-state index contributed by atoms with van der Waals surface area (Å²) < 4.78 is 4.87. The molecule has 0 bridgehead atoms. The van der Waals surface area contributed by atoms with Crippen LogP contribution < -0.4 is 5.69 Å². The van der Waals surface area contributed by atoms with Crippen molar-refractivity contribution in [3.8, 4) is 22.5 Å². The third-order valence-electron chi connectivity index (χ3n) is 6.66. The third-order valence-corrected chi connectivity index (χ3v) is 6.96. The van der Waals surface area contributed by atoms with Crippen molar-refractivity contribution in [2.45, 2.75) is 0 Å². The second-order valence-electron chi connectivity index (χ2n) is 8.79. The Morgan fingerprint density at radius 2 is 1.73 bits per heavy atom. The molecule has 7 aromatic rings. The monoisotopic (exact) mass is 503 g/mol. The van der Waals surface area contributed by atoms with E-state index in [1.807, 2.05) is 54.7 Å². The molecule has 4 heterocycles. The Labute approximate surface area is 215 Å². The summed E-state index contributed by atoms with van der Waals surface area (Å²) >= 11 is 6.62. The van der Waals surface area contributed by atoms with E-state index in [2.05, 4.69) is 32.2 Å². The van der Waals surface area contributed by atoms with Gasteiger partial charge in [0.1, 0.15) is 12.7 Å². The Morgan fingerprint density at radius 1 is 0.865 bits per heavy atom. The zero-order valence-electron chi connectivity index (χ0n) is 19.6. The fourth-order valence-electron chi connectivity index (χ4n) is 4.80. The lowest BCUT2D eigenvalue weighted by Gasteiger charge is -2.10. The molecule has 0 N–H and O–H groups in total. The summed E-state index contributed by atoms with van der Waals surface area (Å²) in [5.74, 6) is 0. The fraction of sp³-hybridized carbons (Fsp3) is 0.0357. The number of hydrogen-bond donors (Lipinski definition) is 0. The molecule has 0 fully saturated rings. The van der Waals surface area contributed by atoms with Crippen molar-refractivity contribution in [3.05, 3.63) is 107 Å². The minimum atomic E-state index is -0.188. The van der Waals surface area contributed by atoms with Gasteiger partial charge in [0.15, 0.2) is 0 Å². The lowest BCUT2D eigenvalue weighted by atomic mass is 10.0. The molecule has 0 aliphatic carbocycles. The highest BCUT2D eigenvalue weighted by Crippen LogP contribution is 2.31. The molecule has 4 aromatic heterocycles. The van der Waals surface area contributed by atoms with Gasteiger partial charge in [-0.05, 0) is 48.0 Å². The van der Waals surface area contributed by atoms with Crippen LogP contribution in [0, 0.1) is 0 Å². The second-order valence-corrected chi connectivity index (χ2v) is 9.20. The Kier molecular flexibility index (Phi) is 4.70. The number of imidazole rings is 1. The molecule has 178 valence electrons. The van der Waals surface area contributed by atoms with Gasteiger partial charge in [0.05, 0.1) is 44.7 Å². The average Bonchev–Trinajstić information content (AvgIpc) is 3.55. The van der Waals surface area contributed by atoms with Crippen LogP contribution in [0.2, 0.25) is 5.02 Å². The summed E-state index contributed by atoms with van der Waals surface area (Å²) in [5, 5.41) is 6.53. The highest BCUT2D eigenvalue weighted by molar-refractivity contribution is 6.32. The first-order chi connectivity index (χ1) is 18.1. The van der Waals surface area contributed by atoms with E-state index in [1.54, 1.807) is 39.5 Å². The summed E-state index contributed by atoms with van der Waals surface area (Å²) in [5.41, 5.74) is 6.33. The van der Waals surface area contributed by atoms with Crippen molar-refractivity contribution in [2.24, 2.45) is 7.05 Å². The van der Waals surface area contributed by atoms with Crippen molar-refractivity contribution in [2.75, 3.05) is 0 Å². The van der Waals surface area contributed by atoms with Gasteiger partial charge in [-0.3, -0.25) is 19.1 Å². The largest absolute Gasteiger partial charge is 0.333 e. The number of halogens is 1. The van der Waals surface area contributed by atoms with E-state index in [0.717, 1.165) is 44.0 Å². The third kappa shape index (κ3) is 3.34. The molecule has 0 aliphatic heterocycles. The molecule has 0 atom stereocenters. The van der Waals surface area contributed by atoms with Crippen molar-refractivity contribution in [1.29, 1.82) is 0 Å². The van der Waals surface area contributed by atoms with Crippen LogP contribution in [0.3, 0.4) is 0 Å². The summed E-state index contributed by atoms with van der Waals surface area (Å²) in [6, 6.07) is 21.7. The molecular formula is C28H18ClN7O. The highest BCUT2D eigenvalue weighted by Gasteiger charge is 2.18. The number of nitrogens with zero attached hydrogens (tertiary/aromatic N) is 7. The molecule has 0 aliphatic rings. The number of aromatic nitrogens is 7. The lowest BCUT2D eigenvalue weighted by molar-refractivity contribution is 0.843. The van der Waals surface area contributed by atoms with E-state index in [0.29, 0.717) is 16.4 Å². The minimum Gasteiger partial charge on any atom is -0.293 e. The smallest absolute Gasteiger partial charge is 0.293 e. The number of pyridine rings is 2. The maximum Gasteiger partial charge on any atom is 0.333 e. The van der Waals surface area contributed by atoms with E-state index in [4.69, 9.17) is 11.6 Å². The van der Waals surface area contributed by atoms with Crippen LogP contribution in [0.5, 0.6) is 0 Å². The first-order valence-electron chi connectivity index (χ1n) is 11.6. The van der Waals surface area contributed by atoms with E-state index < -0.39 is 0 Å². The molecular weight excluding hydrogens is 486 g/mol. The van der Waals surface area contributed by atoms with Gasteiger partial charge in [0.25, 0.3) is 0 Å². The van der Waals surface area contributed by atoms with Gasteiger partial charge in [-0.1, -0.05) is 35.9 Å². The maximum absolute atomic E-state index is 13.5. The molecule has 0 saturated carbocycles. The average molecular weight is 504 g/mol. The van der Waals surface area contributed by atoms with Gasteiger partial charge in [-0.2, -0.15) is 5.10 Å². The molecule has 0 radical (unpaired) electrons. The molecule has 8 nitrogen and oxygen atoms in total. The minimum absolute atomic E-state index is 0.188. The molecule has 0 saturated heterocycles. The fourth-order valence-corrected chi connectivity index (χ4v) is 5.06. The maximum atomic E-state index is 13.5. The first-order valence-corrected chi connectivity index (χ1v) is 12.0. The van der Waals surface area contributed by atoms with Gasteiger partial charge in [-0.25, -0.2) is 14.5 Å². The van der Waals surface area contributed by atoms with Crippen molar-refractivity contribution >= 4 is 44.4 Å². The van der Waals surface area contributed by atoms with Crippen LogP contribution in [-0.2, 0) is 7.05 Å². The Balaban J connectivity index is 1.47. The zero-order valence-corrected chi connectivity index (χ0v) is 20.3. The van der Waals surface area contributed by atoms with Crippen LogP contribution in [0.15, 0.2) is 96.6 Å². The number of hydrogen-bond acceptors (Lipinski definition) is 5. The number of rotatable bonds is 3. The molecule has 0 unspecified atom stereocenters. The van der Waals surface area contributed by atoms with E-state index in [-0.39, 0.29) is 5.69 Å². The van der Waals surface area contributed by atoms with Gasteiger partial charge in [0, 0.05) is 29.6 Å². The van der Waals surface area contributed by atoms with Crippen LogP contribution in [0.1, 0.15) is 0 Å². The van der Waals surface area contributed by atoms with Crippen LogP contribution in [0.25, 0.3) is 55.3 Å². The molecule has 37 heavy (non-hydrogen) atoms.